The second kappa shape index (κ2) is 5.81. The topological polar surface area (TPSA) is 69.2 Å². The zero-order chi connectivity index (χ0) is 13.9. The summed E-state index contributed by atoms with van der Waals surface area (Å²) in [4.78, 5) is 18.4. The summed E-state index contributed by atoms with van der Waals surface area (Å²) >= 11 is 0. The first-order valence-corrected chi connectivity index (χ1v) is 6.53. The number of imidazole rings is 1. The molecule has 0 saturated heterocycles. The zero-order valence-electron chi connectivity index (χ0n) is 11.3. The van der Waals surface area contributed by atoms with Crippen LogP contribution >= 0.6 is 9.39 Å². The second-order valence-electron chi connectivity index (χ2n) is 5.33. The van der Waals surface area contributed by atoms with Gasteiger partial charge in [0.15, 0.2) is 0 Å². The van der Waals surface area contributed by atoms with Crippen LogP contribution in [0.5, 0.6) is 0 Å². The van der Waals surface area contributed by atoms with Crippen LogP contribution in [0.2, 0.25) is 0 Å². The number of H-pyrrole nitrogens is 1. The molecule has 0 fully saturated rings. The van der Waals surface area contributed by atoms with E-state index in [9.17, 15) is 9.90 Å². The fourth-order valence-electron chi connectivity index (χ4n) is 1.61. The van der Waals surface area contributed by atoms with Gasteiger partial charge in [0.1, 0.15) is 6.04 Å². The molecule has 102 valence electrons. The van der Waals surface area contributed by atoms with E-state index < -0.39 is 12.0 Å². The summed E-state index contributed by atoms with van der Waals surface area (Å²) in [5, 5.41) is 9.39. The molecule has 0 aliphatic carbocycles. The molecule has 0 bridgehead atoms. The van der Waals surface area contributed by atoms with Crippen molar-refractivity contribution in [1.29, 1.82) is 0 Å². The van der Waals surface area contributed by atoms with Gasteiger partial charge in [-0.25, -0.2) is 4.98 Å². The first kappa shape index (κ1) is 15.1. The fraction of sp³-hybridized carbons (Fsp3) is 0.667. The molecule has 1 aromatic heterocycles. The van der Waals surface area contributed by atoms with Crippen molar-refractivity contribution >= 4 is 15.4 Å². The number of carboxylic acids is 1. The number of hydrogen-bond acceptors (Lipinski definition) is 3. The third kappa shape index (κ3) is 3.30. The lowest BCUT2D eigenvalue weighted by Gasteiger charge is -2.42. The molecule has 0 saturated carbocycles. The van der Waals surface area contributed by atoms with E-state index >= 15 is 0 Å². The molecular weight excluding hydrogens is 249 g/mol. The van der Waals surface area contributed by atoms with Crippen LogP contribution in [0.15, 0.2) is 12.5 Å². The van der Waals surface area contributed by atoms with E-state index in [1.54, 1.807) is 12.5 Å². The molecule has 0 radical (unpaired) electrons. The average Bonchev–Trinajstić information content (AvgIpc) is 2.76. The molecule has 0 aromatic carbocycles. The minimum Gasteiger partial charge on any atom is -0.480 e. The third-order valence-electron chi connectivity index (χ3n) is 3.66. The molecule has 0 amide bonds. The summed E-state index contributed by atoms with van der Waals surface area (Å²) in [7, 11) is 2.56. The van der Waals surface area contributed by atoms with E-state index in [2.05, 4.69) is 33.2 Å². The molecule has 0 aliphatic rings. The van der Waals surface area contributed by atoms with E-state index in [0.29, 0.717) is 12.3 Å². The van der Waals surface area contributed by atoms with Crippen LogP contribution in [0.25, 0.3) is 0 Å². The summed E-state index contributed by atoms with van der Waals surface area (Å²) < 4.78 is 1.84. The van der Waals surface area contributed by atoms with E-state index in [0.717, 1.165) is 5.69 Å². The van der Waals surface area contributed by atoms with E-state index in [4.69, 9.17) is 0 Å². The van der Waals surface area contributed by atoms with Crippen LogP contribution < -0.4 is 0 Å². The van der Waals surface area contributed by atoms with Crippen LogP contribution in [0.1, 0.15) is 33.4 Å². The van der Waals surface area contributed by atoms with Crippen LogP contribution in [-0.2, 0) is 11.2 Å². The maximum Gasteiger partial charge on any atom is 0.321 e. The number of nitrogens with one attached hydrogen (secondary N) is 1. The number of hydrogen-bond donors (Lipinski definition) is 2. The van der Waals surface area contributed by atoms with Gasteiger partial charge in [-0.3, -0.25) is 9.46 Å². The molecule has 1 aromatic rings. The quantitative estimate of drug-likeness (QED) is 0.776. The van der Waals surface area contributed by atoms with Gasteiger partial charge in [0.2, 0.25) is 0 Å². The van der Waals surface area contributed by atoms with Crippen LogP contribution in [0.3, 0.4) is 0 Å². The van der Waals surface area contributed by atoms with Gasteiger partial charge >= 0.3 is 5.97 Å². The normalized spacial score (nSPS) is 14.2. The Morgan fingerprint density at radius 3 is 2.61 bits per heavy atom. The molecule has 2 unspecified atom stereocenters. The molecule has 0 aliphatic heterocycles. The number of aromatic nitrogens is 2. The first-order valence-electron chi connectivity index (χ1n) is 6.01. The number of carbonyl (C=O) groups is 1. The van der Waals surface area contributed by atoms with Gasteiger partial charge in [-0.1, -0.05) is 23.2 Å². The molecule has 1 rings (SSSR count). The Hall–Kier alpha value is -0.930. The van der Waals surface area contributed by atoms with Gasteiger partial charge < -0.3 is 10.1 Å². The zero-order valence-corrected chi connectivity index (χ0v) is 12.5. The highest BCUT2D eigenvalue weighted by molar-refractivity contribution is 7.13. The standard InChI is InChI=1S/C12H22N3O2P/c1-8(2)12(3,4)15(18)10(11(16)17)5-9-6-13-7-14-9/h6-8,10H,5,18H2,1-4H3,(H,13,14)(H,16,17). The minimum absolute atomic E-state index is 0.218. The average molecular weight is 271 g/mol. The highest BCUT2D eigenvalue weighted by atomic mass is 31.0. The number of nitrogens with zero attached hydrogens (tertiary/aromatic N) is 2. The number of carboxylic acid groups (broad SMARTS) is 1. The molecule has 6 heteroatoms. The van der Waals surface area contributed by atoms with E-state index in [-0.39, 0.29) is 5.54 Å². The van der Waals surface area contributed by atoms with Crippen molar-refractivity contribution in [3.05, 3.63) is 18.2 Å². The minimum atomic E-state index is -0.832. The lowest BCUT2D eigenvalue weighted by molar-refractivity contribution is -0.143. The van der Waals surface area contributed by atoms with Crippen molar-refractivity contribution in [2.24, 2.45) is 5.92 Å². The largest absolute Gasteiger partial charge is 0.480 e. The van der Waals surface area contributed by atoms with Crippen LogP contribution in [0.4, 0.5) is 0 Å². The summed E-state index contributed by atoms with van der Waals surface area (Å²) in [6, 6.07) is -0.601. The lowest BCUT2D eigenvalue weighted by atomic mass is 9.89. The van der Waals surface area contributed by atoms with Gasteiger partial charge in [-0.15, -0.1) is 0 Å². The Morgan fingerprint density at radius 1 is 1.61 bits per heavy atom. The molecule has 2 N–H and O–H groups in total. The molecular formula is C12H22N3O2P. The lowest BCUT2D eigenvalue weighted by Crippen LogP contribution is -2.51. The highest BCUT2D eigenvalue weighted by Gasteiger charge is 2.36. The molecule has 1 heterocycles. The Bertz CT molecular complexity index is 390. The summed E-state index contributed by atoms with van der Waals surface area (Å²) in [6.07, 6.45) is 3.68. The Labute approximate surface area is 110 Å². The number of aromatic amines is 1. The summed E-state index contributed by atoms with van der Waals surface area (Å²) in [6.45, 7) is 8.27. The van der Waals surface area contributed by atoms with Crippen molar-refractivity contribution in [1.82, 2.24) is 14.6 Å². The van der Waals surface area contributed by atoms with Gasteiger partial charge in [0.05, 0.1) is 12.0 Å². The Kier molecular flexibility index (Phi) is 4.88. The van der Waals surface area contributed by atoms with Gasteiger partial charge in [-0.2, -0.15) is 0 Å². The maximum absolute atomic E-state index is 11.4. The Balaban J connectivity index is 2.88. The van der Waals surface area contributed by atoms with Gasteiger partial charge in [0, 0.05) is 18.2 Å². The van der Waals surface area contributed by atoms with E-state index in [1.165, 1.54) is 0 Å². The predicted octanol–water partition coefficient (Wildman–Crippen LogP) is 1.93. The van der Waals surface area contributed by atoms with Crippen molar-refractivity contribution in [3.63, 3.8) is 0 Å². The number of aliphatic carboxylic acids is 1. The van der Waals surface area contributed by atoms with Gasteiger partial charge in [0.25, 0.3) is 0 Å². The molecule has 0 spiro atoms. The van der Waals surface area contributed by atoms with Gasteiger partial charge in [-0.05, 0) is 19.8 Å². The number of rotatable bonds is 6. The van der Waals surface area contributed by atoms with E-state index in [1.807, 2.05) is 18.5 Å². The maximum atomic E-state index is 11.4. The highest BCUT2D eigenvalue weighted by Crippen LogP contribution is 2.30. The molecule has 5 nitrogen and oxygen atoms in total. The summed E-state index contributed by atoms with van der Waals surface area (Å²) in [5.74, 6) is -0.488. The Morgan fingerprint density at radius 2 is 2.22 bits per heavy atom. The SMILES string of the molecule is CC(C)C(C)(C)N(P)C(Cc1c[nH]cn1)C(=O)O. The van der Waals surface area contributed by atoms with Crippen molar-refractivity contribution in [3.8, 4) is 0 Å². The van der Waals surface area contributed by atoms with Crippen LogP contribution in [0, 0.1) is 5.92 Å². The van der Waals surface area contributed by atoms with Crippen molar-refractivity contribution in [2.75, 3.05) is 0 Å². The first-order chi connectivity index (χ1) is 8.26. The monoisotopic (exact) mass is 271 g/mol. The van der Waals surface area contributed by atoms with Crippen LogP contribution in [-0.4, -0.2) is 37.3 Å². The second-order valence-corrected chi connectivity index (χ2v) is 5.89. The predicted molar refractivity (Wildman–Crippen MR) is 74.2 cm³/mol. The van der Waals surface area contributed by atoms with Crippen molar-refractivity contribution in [2.45, 2.75) is 45.7 Å². The fourth-order valence-corrected chi connectivity index (χ4v) is 2.14. The van der Waals surface area contributed by atoms with Crippen molar-refractivity contribution < 1.29 is 9.90 Å². The molecule has 2 atom stereocenters. The smallest absolute Gasteiger partial charge is 0.321 e. The summed E-state index contributed by atoms with van der Waals surface area (Å²) in [5.41, 5.74) is 0.540. The molecule has 18 heavy (non-hydrogen) atoms. The third-order valence-corrected chi connectivity index (χ3v) is 4.68.